The van der Waals surface area contributed by atoms with E-state index in [0.29, 0.717) is 12.6 Å². The van der Waals surface area contributed by atoms with Crippen molar-refractivity contribution in [2.75, 3.05) is 6.61 Å². The van der Waals surface area contributed by atoms with Crippen LogP contribution in [0.1, 0.15) is 39.1 Å². The van der Waals surface area contributed by atoms with Crippen LogP contribution in [0.4, 0.5) is 0 Å². The van der Waals surface area contributed by atoms with Crippen LogP contribution in [-0.2, 0) is 12.8 Å². The van der Waals surface area contributed by atoms with Crippen molar-refractivity contribution in [3.05, 3.63) is 11.4 Å². The fourth-order valence-corrected chi connectivity index (χ4v) is 1.23. The molecule has 5 nitrogen and oxygen atoms in total. The Hall–Kier alpha value is -1.23. The Morgan fingerprint density at radius 1 is 1.12 bits per heavy atom. The third-order valence-electron chi connectivity index (χ3n) is 2.06. The van der Waals surface area contributed by atoms with Gasteiger partial charge in [-0.1, -0.05) is 18.9 Å². The van der Waals surface area contributed by atoms with Gasteiger partial charge in [-0.2, -0.15) is 4.98 Å². The molecule has 0 aliphatic heterocycles. The molecule has 1 aromatic rings. The van der Waals surface area contributed by atoms with Gasteiger partial charge in [-0.05, 0) is 26.7 Å². The maximum atomic E-state index is 5.81. The summed E-state index contributed by atoms with van der Waals surface area (Å²) in [7, 11) is 0. The molecule has 0 radical (unpaired) electrons. The number of aryl methyl sites for hydroxylation is 2. The monoisotopic (exact) mass is 224 g/mol. The molecule has 90 valence electrons. The molecule has 5 heteroatoms. The van der Waals surface area contributed by atoms with E-state index in [1.165, 1.54) is 0 Å². The SMILES string of the molecule is CCc1nnc(OCC(C)(C)N)nc1CC. The Labute approximate surface area is 96.4 Å². The van der Waals surface area contributed by atoms with E-state index in [4.69, 9.17) is 10.5 Å². The predicted octanol–water partition coefficient (Wildman–Crippen LogP) is 1.11. The van der Waals surface area contributed by atoms with Crippen molar-refractivity contribution in [2.45, 2.75) is 46.1 Å². The van der Waals surface area contributed by atoms with Crippen LogP contribution < -0.4 is 10.5 Å². The van der Waals surface area contributed by atoms with E-state index in [0.717, 1.165) is 24.2 Å². The molecule has 2 N–H and O–H groups in total. The lowest BCUT2D eigenvalue weighted by Gasteiger charge is -2.17. The normalized spacial score (nSPS) is 11.6. The Balaban J connectivity index is 2.75. The Morgan fingerprint density at radius 2 is 1.75 bits per heavy atom. The molecule has 0 aliphatic rings. The van der Waals surface area contributed by atoms with Crippen molar-refractivity contribution in [2.24, 2.45) is 5.73 Å². The molecule has 16 heavy (non-hydrogen) atoms. The lowest BCUT2D eigenvalue weighted by atomic mass is 10.1. The van der Waals surface area contributed by atoms with Gasteiger partial charge >= 0.3 is 6.01 Å². The highest BCUT2D eigenvalue weighted by molar-refractivity contribution is 5.11. The van der Waals surface area contributed by atoms with Gasteiger partial charge in [0.05, 0.1) is 11.4 Å². The van der Waals surface area contributed by atoms with E-state index >= 15 is 0 Å². The van der Waals surface area contributed by atoms with Crippen LogP contribution in [0, 0.1) is 0 Å². The van der Waals surface area contributed by atoms with E-state index in [9.17, 15) is 0 Å². The first-order valence-electron chi connectivity index (χ1n) is 5.60. The highest BCUT2D eigenvalue weighted by atomic mass is 16.5. The molecule has 0 amide bonds. The highest BCUT2D eigenvalue weighted by Crippen LogP contribution is 2.09. The number of ether oxygens (including phenoxy) is 1. The topological polar surface area (TPSA) is 73.9 Å². The molecule has 0 fully saturated rings. The van der Waals surface area contributed by atoms with E-state index in [1.54, 1.807) is 0 Å². The van der Waals surface area contributed by atoms with Crippen molar-refractivity contribution in [3.8, 4) is 6.01 Å². The number of nitrogens with zero attached hydrogens (tertiary/aromatic N) is 3. The summed E-state index contributed by atoms with van der Waals surface area (Å²) in [5.41, 5.74) is 7.30. The van der Waals surface area contributed by atoms with Gasteiger partial charge in [0, 0.05) is 5.54 Å². The second kappa shape index (κ2) is 5.21. The third-order valence-corrected chi connectivity index (χ3v) is 2.06. The van der Waals surface area contributed by atoms with E-state index in [-0.39, 0.29) is 5.54 Å². The fourth-order valence-electron chi connectivity index (χ4n) is 1.23. The Morgan fingerprint density at radius 3 is 2.25 bits per heavy atom. The lowest BCUT2D eigenvalue weighted by molar-refractivity contribution is 0.222. The second-order valence-electron chi connectivity index (χ2n) is 4.47. The number of hydrogen-bond acceptors (Lipinski definition) is 5. The van der Waals surface area contributed by atoms with Gasteiger partial charge in [0.1, 0.15) is 6.61 Å². The first-order chi connectivity index (χ1) is 7.46. The molecule has 0 saturated heterocycles. The van der Waals surface area contributed by atoms with Gasteiger partial charge in [0.25, 0.3) is 0 Å². The zero-order chi connectivity index (χ0) is 12.2. The molecule has 0 unspecified atom stereocenters. The van der Waals surface area contributed by atoms with Crippen LogP contribution in [0.25, 0.3) is 0 Å². The van der Waals surface area contributed by atoms with Crippen molar-refractivity contribution < 1.29 is 4.74 Å². The smallest absolute Gasteiger partial charge is 0.335 e. The van der Waals surface area contributed by atoms with Crippen LogP contribution in [0.15, 0.2) is 0 Å². The number of nitrogens with two attached hydrogens (primary N) is 1. The highest BCUT2D eigenvalue weighted by Gasteiger charge is 2.13. The third kappa shape index (κ3) is 3.73. The van der Waals surface area contributed by atoms with Crippen LogP contribution in [0.2, 0.25) is 0 Å². The van der Waals surface area contributed by atoms with Gasteiger partial charge in [0.2, 0.25) is 0 Å². The summed E-state index contributed by atoms with van der Waals surface area (Å²) in [6.07, 6.45) is 1.67. The number of rotatable bonds is 5. The molecule has 0 saturated carbocycles. The molecule has 1 rings (SSSR count). The summed E-state index contributed by atoms with van der Waals surface area (Å²) in [5, 5.41) is 8.01. The second-order valence-corrected chi connectivity index (χ2v) is 4.47. The van der Waals surface area contributed by atoms with Crippen molar-refractivity contribution >= 4 is 0 Å². The predicted molar refractivity (Wildman–Crippen MR) is 62.3 cm³/mol. The summed E-state index contributed by atoms with van der Waals surface area (Å²) in [5.74, 6) is 0. The Kier molecular flexibility index (Phi) is 4.18. The lowest BCUT2D eigenvalue weighted by Crippen LogP contribution is -2.39. The molecule has 1 aromatic heterocycles. The molecule has 0 spiro atoms. The average Bonchev–Trinajstić information content (AvgIpc) is 2.25. The summed E-state index contributed by atoms with van der Waals surface area (Å²) < 4.78 is 5.40. The van der Waals surface area contributed by atoms with E-state index < -0.39 is 0 Å². The summed E-state index contributed by atoms with van der Waals surface area (Å²) in [4.78, 5) is 4.31. The molecule has 0 aromatic carbocycles. The molecule has 0 atom stereocenters. The van der Waals surface area contributed by atoms with Gasteiger partial charge in [-0.25, -0.2) is 0 Å². The molecule has 0 bridgehead atoms. The van der Waals surface area contributed by atoms with Crippen LogP contribution in [0.5, 0.6) is 6.01 Å². The van der Waals surface area contributed by atoms with Crippen LogP contribution in [-0.4, -0.2) is 27.3 Å². The van der Waals surface area contributed by atoms with Gasteiger partial charge in [-0.3, -0.25) is 0 Å². The van der Waals surface area contributed by atoms with Crippen LogP contribution in [0.3, 0.4) is 0 Å². The first kappa shape index (κ1) is 12.8. The van der Waals surface area contributed by atoms with Crippen LogP contribution >= 0.6 is 0 Å². The fraction of sp³-hybridized carbons (Fsp3) is 0.727. The minimum atomic E-state index is -0.390. The van der Waals surface area contributed by atoms with E-state index in [1.807, 2.05) is 27.7 Å². The Bertz CT molecular complexity index is 346. The molecular weight excluding hydrogens is 204 g/mol. The maximum absolute atomic E-state index is 5.81. The van der Waals surface area contributed by atoms with Crippen molar-refractivity contribution in [1.29, 1.82) is 0 Å². The zero-order valence-corrected chi connectivity index (χ0v) is 10.4. The summed E-state index contributed by atoms with van der Waals surface area (Å²) in [6, 6.07) is 0.313. The quantitative estimate of drug-likeness (QED) is 0.811. The summed E-state index contributed by atoms with van der Waals surface area (Å²) >= 11 is 0. The zero-order valence-electron chi connectivity index (χ0n) is 10.4. The molecular formula is C11H20N4O. The van der Waals surface area contributed by atoms with Crippen molar-refractivity contribution in [3.63, 3.8) is 0 Å². The summed E-state index contributed by atoms with van der Waals surface area (Å²) in [6.45, 7) is 8.24. The van der Waals surface area contributed by atoms with Crippen molar-refractivity contribution in [1.82, 2.24) is 15.2 Å². The molecule has 0 aliphatic carbocycles. The van der Waals surface area contributed by atoms with Gasteiger partial charge in [0.15, 0.2) is 0 Å². The minimum absolute atomic E-state index is 0.313. The number of hydrogen-bond donors (Lipinski definition) is 1. The average molecular weight is 224 g/mol. The van der Waals surface area contributed by atoms with Gasteiger partial charge < -0.3 is 10.5 Å². The molecule has 1 heterocycles. The minimum Gasteiger partial charge on any atom is -0.460 e. The largest absolute Gasteiger partial charge is 0.460 e. The standard InChI is InChI=1S/C11H20N4O/c1-5-8-9(6-2)14-15-10(13-8)16-7-11(3,4)12/h5-7,12H2,1-4H3. The first-order valence-corrected chi connectivity index (χ1v) is 5.60. The number of aromatic nitrogens is 3. The van der Waals surface area contributed by atoms with Gasteiger partial charge in [-0.15, -0.1) is 5.10 Å². The van der Waals surface area contributed by atoms with E-state index in [2.05, 4.69) is 15.2 Å². The maximum Gasteiger partial charge on any atom is 0.335 e.